The number of hydrogen-bond donors (Lipinski definition) is 0. The second-order valence-corrected chi connectivity index (χ2v) is 3.54. The van der Waals surface area contributed by atoms with E-state index >= 15 is 0 Å². The molecule has 72 valence electrons. The molecule has 0 N–H and O–H groups in total. The van der Waals surface area contributed by atoms with Crippen molar-refractivity contribution in [1.82, 2.24) is 4.90 Å². The van der Waals surface area contributed by atoms with Gasteiger partial charge >= 0.3 is 51.4 Å². The van der Waals surface area contributed by atoms with Crippen LogP contribution < -0.4 is 51.4 Å². The molecule has 0 saturated carbocycles. The maximum atomic E-state index is 5.72. The van der Waals surface area contributed by atoms with E-state index in [2.05, 4.69) is 18.9 Å². The van der Waals surface area contributed by atoms with E-state index in [1.807, 2.05) is 0 Å². The minimum Gasteiger partial charge on any atom is -0.459 e. The van der Waals surface area contributed by atoms with Crippen molar-refractivity contribution < 1.29 is 56.1 Å². The van der Waals surface area contributed by atoms with Gasteiger partial charge in [-0.05, 0) is 32.4 Å². The summed E-state index contributed by atoms with van der Waals surface area (Å²) in [7, 11) is 3.91. The van der Waals surface area contributed by atoms with E-state index in [-0.39, 0.29) is 51.4 Å². The summed E-state index contributed by atoms with van der Waals surface area (Å²) in [5, 5.41) is 0. The van der Waals surface area contributed by atoms with Gasteiger partial charge in [-0.2, -0.15) is 0 Å². The minimum absolute atomic E-state index is 0. The zero-order chi connectivity index (χ0) is 8.81. The average molecular weight is 209 g/mol. The van der Waals surface area contributed by atoms with Gasteiger partial charge in [-0.1, -0.05) is 13.3 Å². The number of likely N-dealkylation sites (tertiary alicyclic amines) is 1. The van der Waals surface area contributed by atoms with Crippen LogP contribution in [0.5, 0.6) is 0 Å². The molecule has 0 aromatic carbocycles. The Balaban J connectivity index is 0.00000144. The van der Waals surface area contributed by atoms with Gasteiger partial charge in [0.2, 0.25) is 0 Å². The topological polar surface area (TPSA) is 12.5 Å². The van der Waals surface area contributed by atoms with Crippen LogP contribution in [-0.4, -0.2) is 30.7 Å². The summed E-state index contributed by atoms with van der Waals surface area (Å²) < 4.78 is 5.72. The first-order chi connectivity index (χ1) is 5.83. The maximum Gasteiger partial charge on any atom is 1.00 e. The summed E-state index contributed by atoms with van der Waals surface area (Å²) in [6.45, 7) is 5.33. The molecule has 1 heterocycles. The summed E-state index contributed by atoms with van der Waals surface area (Å²) >= 11 is 0. The fourth-order valence-corrected chi connectivity index (χ4v) is 1.47. The molecule has 1 fully saturated rings. The fourth-order valence-electron chi connectivity index (χ4n) is 1.47. The number of unbranched alkanes of at least 4 members (excludes halogenated alkanes) is 1. The quantitative estimate of drug-likeness (QED) is 0.337. The van der Waals surface area contributed by atoms with Crippen LogP contribution in [0.25, 0.3) is 0 Å². The van der Waals surface area contributed by atoms with Gasteiger partial charge in [-0.25, -0.2) is 0 Å². The first kappa shape index (κ1) is 14.6. The van der Waals surface area contributed by atoms with E-state index in [9.17, 15) is 0 Å². The second-order valence-electron chi connectivity index (χ2n) is 3.54. The number of piperidine rings is 1. The standard InChI is InChI=1S/C10H20NO.K/c1-3-4-9-12-10-5-7-11(2)8-6-10;/h10H,2-9H2,1H3;/q-1;+1. The van der Waals surface area contributed by atoms with E-state index in [1.54, 1.807) is 0 Å². The Bertz CT molecular complexity index is 113. The molecule has 0 aromatic rings. The SMILES string of the molecule is [CH2-]N1CCC(OCCCC)CC1.[K+]. The van der Waals surface area contributed by atoms with Crippen molar-refractivity contribution in [3.8, 4) is 0 Å². The van der Waals surface area contributed by atoms with E-state index in [1.165, 1.54) is 12.8 Å². The Labute approximate surface area is 125 Å². The molecule has 1 aliphatic heterocycles. The van der Waals surface area contributed by atoms with Gasteiger partial charge in [0, 0.05) is 6.61 Å². The van der Waals surface area contributed by atoms with Crippen LogP contribution >= 0.6 is 0 Å². The van der Waals surface area contributed by atoms with Crippen LogP contribution in [0.4, 0.5) is 0 Å². The fraction of sp³-hybridized carbons (Fsp3) is 0.900. The molecule has 13 heavy (non-hydrogen) atoms. The van der Waals surface area contributed by atoms with E-state index < -0.39 is 0 Å². The molecule has 0 atom stereocenters. The van der Waals surface area contributed by atoms with E-state index in [0.717, 1.165) is 32.5 Å². The third-order valence-corrected chi connectivity index (χ3v) is 2.39. The Morgan fingerprint density at radius 3 is 2.54 bits per heavy atom. The normalized spacial score (nSPS) is 19.8. The molecule has 2 nitrogen and oxygen atoms in total. The Hall–Kier alpha value is 1.56. The molecule has 0 bridgehead atoms. The first-order valence-electron chi connectivity index (χ1n) is 5.00. The van der Waals surface area contributed by atoms with Crippen molar-refractivity contribution in [1.29, 1.82) is 0 Å². The van der Waals surface area contributed by atoms with Gasteiger partial charge in [0.05, 0.1) is 6.10 Å². The van der Waals surface area contributed by atoms with Crippen molar-refractivity contribution in [3.63, 3.8) is 0 Å². The molecule has 1 aliphatic rings. The zero-order valence-corrected chi connectivity index (χ0v) is 12.2. The molecule has 0 amide bonds. The average Bonchev–Trinajstić information content (AvgIpc) is 2.09. The molecule has 0 radical (unpaired) electrons. The third-order valence-electron chi connectivity index (χ3n) is 2.39. The Morgan fingerprint density at radius 2 is 2.00 bits per heavy atom. The molecule has 3 heteroatoms. The molecule has 0 aromatic heterocycles. The molecule has 1 saturated heterocycles. The smallest absolute Gasteiger partial charge is 0.459 e. The van der Waals surface area contributed by atoms with Crippen LogP contribution in [0.2, 0.25) is 0 Å². The summed E-state index contributed by atoms with van der Waals surface area (Å²) in [6.07, 6.45) is 5.26. The van der Waals surface area contributed by atoms with E-state index in [4.69, 9.17) is 4.74 Å². The van der Waals surface area contributed by atoms with Crippen molar-refractivity contribution in [2.24, 2.45) is 0 Å². The van der Waals surface area contributed by atoms with Gasteiger partial charge in [0.15, 0.2) is 0 Å². The van der Waals surface area contributed by atoms with Gasteiger partial charge < -0.3 is 9.64 Å². The van der Waals surface area contributed by atoms with Crippen LogP contribution in [-0.2, 0) is 4.74 Å². The number of nitrogens with zero attached hydrogens (tertiary/aromatic N) is 1. The van der Waals surface area contributed by atoms with Gasteiger partial charge in [0.25, 0.3) is 0 Å². The van der Waals surface area contributed by atoms with Crippen LogP contribution in [0.1, 0.15) is 32.6 Å². The van der Waals surface area contributed by atoms with Crippen LogP contribution in [0.15, 0.2) is 0 Å². The van der Waals surface area contributed by atoms with Crippen LogP contribution in [0, 0.1) is 7.05 Å². The zero-order valence-electron chi connectivity index (χ0n) is 9.09. The summed E-state index contributed by atoms with van der Waals surface area (Å²) in [5.41, 5.74) is 0. The van der Waals surface area contributed by atoms with Crippen LogP contribution in [0.3, 0.4) is 0 Å². The first-order valence-corrected chi connectivity index (χ1v) is 5.00. The molecular weight excluding hydrogens is 189 g/mol. The largest absolute Gasteiger partial charge is 1.00 e. The summed E-state index contributed by atoms with van der Waals surface area (Å²) in [6, 6.07) is 0. The summed E-state index contributed by atoms with van der Waals surface area (Å²) in [4.78, 5) is 2.12. The monoisotopic (exact) mass is 209 g/mol. The van der Waals surface area contributed by atoms with Gasteiger partial charge in [-0.3, -0.25) is 7.05 Å². The van der Waals surface area contributed by atoms with Crippen molar-refractivity contribution in [2.75, 3.05) is 19.7 Å². The second kappa shape index (κ2) is 8.83. The van der Waals surface area contributed by atoms with Crippen molar-refractivity contribution in [2.45, 2.75) is 38.7 Å². The number of hydrogen-bond acceptors (Lipinski definition) is 2. The number of rotatable bonds is 4. The predicted octanol–water partition coefficient (Wildman–Crippen LogP) is -0.937. The molecule has 0 spiro atoms. The third kappa shape index (κ3) is 6.60. The van der Waals surface area contributed by atoms with Crippen molar-refractivity contribution in [3.05, 3.63) is 7.05 Å². The van der Waals surface area contributed by atoms with Gasteiger partial charge in [0.1, 0.15) is 0 Å². The predicted molar refractivity (Wildman–Crippen MR) is 50.8 cm³/mol. The molecular formula is C10H20KNO. The van der Waals surface area contributed by atoms with Gasteiger partial charge in [-0.15, -0.1) is 0 Å². The van der Waals surface area contributed by atoms with Crippen molar-refractivity contribution >= 4 is 0 Å². The van der Waals surface area contributed by atoms with E-state index in [0.29, 0.717) is 6.10 Å². The Kier molecular flexibility index (Phi) is 9.89. The molecule has 0 unspecified atom stereocenters. The summed E-state index contributed by atoms with van der Waals surface area (Å²) in [5.74, 6) is 0. The molecule has 0 aliphatic carbocycles. The Morgan fingerprint density at radius 1 is 1.38 bits per heavy atom. The number of ether oxygens (including phenoxy) is 1. The minimum atomic E-state index is 0. The maximum absolute atomic E-state index is 5.72. The molecule has 1 rings (SSSR count).